The molecule has 3 aliphatic heterocycles. The van der Waals surface area contributed by atoms with Crippen LogP contribution in [0.3, 0.4) is 0 Å². The summed E-state index contributed by atoms with van der Waals surface area (Å²) in [5, 5.41) is 5.52. The fourth-order valence-electron chi connectivity index (χ4n) is 5.44. The second-order valence-corrected chi connectivity index (χ2v) is 11.3. The lowest BCUT2D eigenvalue weighted by Crippen LogP contribution is -2.64. The van der Waals surface area contributed by atoms with Gasteiger partial charge in [-0.2, -0.15) is 0 Å². The standard InChI is InChI=1S/C28H20F5N5O7S/c1-41-18-3-2-16-23(46-26(36-16)38-12-6-13(38)11-42-10-12)22(18)25(40)35-17-9-20-19(44-28(32,33)45-20)8-15(17)24(39)37-21-7-14(4-5-34-21)43-27(29,30)31/h2-5,7-9,12-13H,6,10-11H2,1H3,(H,35,40)(H,34,37,39). The average Bonchev–Trinajstić information content (AvgIpc) is 3.53. The highest BCUT2D eigenvalue weighted by atomic mass is 32.1. The van der Waals surface area contributed by atoms with Crippen LogP contribution in [0.4, 0.5) is 38.6 Å². The van der Waals surface area contributed by atoms with E-state index in [2.05, 4.69) is 34.7 Å². The van der Waals surface area contributed by atoms with E-state index in [9.17, 15) is 31.5 Å². The minimum Gasteiger partial charge on any atom is -0.496 e. The zero-order valence-electron chi connectivity index (χ0n) is 23.3. The Morgan fingerprint density at radius 2 is 1.78 bits per heavy atom. The fourth-order valence-corrected chi connectivity index (χ4v) is 6.68. The monoisotopic (exact) mass is 665 g/mol. The Kier molecular flexibility index (Phi) is 7.00. The number of benzene rings is 2. The van der Waals surface area contributed by atoms with Crippen LogP contribution in [-0.4, -0.2) is 66.8 Å². The van der Waals surface area contributed by atoms with Crippen molar-refractivity contribution >= 4 is 50.0 Å². The summed E-state index contributed by atoms with van der Waals surface area (Å²) in [4.78, 5) is 37.9. The number of nitrogens with one attached hydrogen (secondary N) is 2. The molecule has 2 atom stereocenters. The number of ether oxygens (including phenoxy) is 5. The Bertz CT molecular complexity index is 1870. The van der Waals surface area contributed by atoms with Crippen LogP contribution in [0, 0.1) is 0 Å². The van der Waals surface area contributed by atoms with E-state index in [1.54, 1.807) is 12.1 Å². The molecule has 46 heavy (non-hydrogen) atoms. The second-order valence-electron chi connectivity index (χ2n) is 10.3. The maximum atomic E-state index is 13.9. The van der Waals surface area contributed by atoms with E-state index in [1.165, 1.54) is 18.4 Å². The molecule has 2 N–H and O–H groups in total. The van der Waals surface area contributed by atoms with Gasteiger partial charge in [0.1, 0.15) is 22.9 Å². The van der Waals surface area contributed by atoms with Crippen LogP contribution in [-0.2, 0) is 4.74 Å². The van der Waals surface area contributed by atoms with Crippen LogP contribution in [0.25, 0.3) is 10.2 Å². The van der Waals surface area contributed by atoms with Gasteiger partial charge in [0.25, 0.3) is 11.8 Å². The molecule has 0 saturated carbocycles. The number of anilines is 3. The normalized spacial score (nSPS) is 19.4. The predicted molar refractivity (Wildman–Crippen MR) is 151 cm³/mol. The van der Waals surface area contributed by atoms with Crippen LogP contribution < -0.4 is 34.5 Å². The van der Waals surface area contributed by atoms with Crippen molar-refractivity contribution in [3.05, 3.63) is 53.7 Å². The molecule has 2 fully saturated rings. The number of nitrogens with zero attached hydrogens (tertiary/aromatic N) is 3. The Morgan fingerprint density at radius 1 is 1.04 bits per heavy atom. The molecule has 2 aromatic heterocycles. The van der Waals surface area contributed by atoms with Crippen molar-refractivity contribution in [1.29, 1.82) is 0 Å². The van der Waals surface area contributed by atoms with Crippen LogP contribution in [0.1, 0.15) is 27.1 Å². The van der Waals surface area contributed by atoms with Gasteiger partial charge in [-0.25, -0.2) is 9.97 Å². The number of amides is 2. The van der Waals surface area contributed by atoms with Gasteiger partial charge in [-0.15, -0.1) is 22.0 Å². The van der Waals surface area contributed by atoms with Crippen LogP contribution in [0.5, 0.6) is 23.0 Å². The lowest BCUT2D eigenvalue weighted by Gasteiger charge is -2.52. The number of rotatable bonds is 7. The Balaban J connectivity index is 1.23. The van der Waals surface area contributed by atoms with Crippen molar-refractivity contribution in [3.63, 3.8) is 0 Å². The summed E-state index contributed by atoms with van der Waals surface area (Å²) < 4.78 is 90.3. The molecular formula is C28H20F5N5O7S. The summed E-state index contributed by atoms with van der Waals surface area (Å²) >= 11 is 1.27. The van der Waals surface area contributed by atoms with Crippen LogP contribution in [0.2, 0.25) is 0 Å². The number of morpholine rings is 1. The molecular weight excluding hydrogens is 645 g/mol. The molecule has 0 radical (unpaired) electrons. The number of carbonyl (C=O) groups is 2. The zero-order valence-corrected chi connectivity index (χ0v) is 24.1. The number of fused-ring (bicyclic) bond motifs is 4. The highest BCUT2D eigenvalue weighted by Crippen LogP contribution is 2.45. The van der Waals surface area contributed by atoms with Crippen molar-refractivity contribution in [2.24, 2.45) is 0 Å². The number of methoxy groups -OCH3 is 1. The molecule has 0 spiro atoms. The predicted octanol–water partition coefficient (Wildman–Crippen LogP) is 5.40. The summed E-state index contributed by atoms with van der Waals surface area (Å²) in [5.74, 6) is -3.67. The Morgan fingerprint density at radius 3 is 2.48 bits per heavy atom. The first-order valence-corrected chi connectivity index (χ1v) is 14.3. The highest BCUT2D eigenvalue weighted by Gasteiger charge is 2.45. The molecule has 2 saturated heterocycles. The minimum atomic E-state index is -5.01. The van der Waals surface area contributed by atoms with Gasteiger partial charge in [0.15, 0.2) is 16.6 Å². The quantitative estimate of drug-likeness (QED) is 0.247. The largest absolute Gasteiger partial charge is 0.586 e. The van der Waals surface area contributed by atoms with E-state index >= 15 is 0 Å². The molecule has 2 amide bonds. The lowest BCUT2D eigenvalue weighted by atomic mass is 9.92. The third-order valence-electron chi connectivity index (χ3n) is 7.37. The van der Waals surface area contributed by atoms with Gasteiger partial charge in [-0.3, -0.25) is 9.59 Å². The van der Waals surface area contributed by atoms with E-state index in [4.69, 9.17) is 14.5 Å². The molecule has 18 heteroatoms. The van der Waals surface area contributed by atoms with Gasteiger partial charge < -0.3 is 39.2 Å². The maximum absolute atomic E-state index is 13.9. The number of hydrogen-bond acceptors (Lipinski definition) is 11. The van der Waals surface area contributed by atoms with Gasteiger partial charge in [-0.05, 0) is 30.7 Å². The highest BCUT2D eigenvalue weighted by molar-refractivity contribution is 7.22. The molecule has 4 aromatic rings. The topological polar surface area (TPSA) is 133 Å². The molecule has 240 valence electrons. The van der Waals surface area contributed by atoms with E-state index in [0.717, 1.165) is 36.9 Å². The van der Waals surface area contributed by atoms with E-state index in [0.29, 0.717) is 28.6 Å². The SMILES string of the molecule is COc1ccc2nc(N3C4COCC3C4)sc2c1C(=O)Nc1cc2c(cc1C(=O)Nc1cc(OC(F)(F)F)ccn1)OC(F)(F)O2. The number of thiazole rings is 1. The first kappa shape index (κ1) is 29.7. The van der Waals surface area contributed by atoms with E-state index in [1.807, 2.05) is 0 Å². The van der Waals surface area contributed by atoms with Crippen molar-refractivity contribution in [3.8, 4) is 23.0 Å². The zero-order chi connectivity index (χ0) is 32.4. The van der Waals surface area contributed by atoms with Crippen molar-refractivity contribution in [2.75, 3.05) is 35.9 Å². The van der Waals surface area contributed by atoms with Gasteiger partial charge in [-0.1, -0.05) is 11.3 Å². The van der Waals surface area contributed by atoms with Crippen LogP contribution in [0.15, 0.2) is 42.6 Å². The number of carbonyl (C=O) groups excluding carboxylic acids is 2. The van der Waals surface area contributed by atoms with Gasteiger partial charge >= 0.3 is 12.7 Å². The number of alkyl halides is 5. The second kappa shape index (κ2) is 10.8. The third kappa shape index (κ3) is 5.53. The smallest absolute Gasteiger partial charge is 0.496 e. The summed E-state index contributed by atoms with van der Waals surface area (Å²) in [7, 11) is 1.36. The molecule has 7 rings (SSSR count). The molecule has 5 heterocycles. The number of aromatic nitrogens is 2. The van der Waals surface area contributed by atoms with Crippen LogP contribution >= 0.6 is 11.3 Å². The first-order chi connectivity index (χ1) is 21.9. The number of pyridine rings is 1. The molecule has 3 aliphatic rings. The summed E-state index contributed by atoms with van der Waals surface area (Å²) in [6, 6.07) is 7.16. The van der Waals surface area contributed by atoms with Gasteiger partial charge in [0.2, 0.25) is 0 Å². The minimum absolute atomic E-state index is 0.0682. The molecule has 0 aliphatic carbocycles. The van der Waals surface area contributed by atoms with Crippen molar-refractivity contribution in [2.45, 2.75) is 31.2 Å². The molecule has 2 unspecified atom stereocenters. The number of hydrogen-bond donors (Lipinski definition) is 2. The summed E-state index contributed by atoms with van der Waals surface area (Å²) in [6.07, 6.45) is -7.14. The molecule has 2 aromatic carbocycles. The molecule has 12 nitrogen and oxygen atoms in total. The van der Waals surface area contributed by atoms with Crippen molar-refractivity contribution < 1.29 is 55.2 Å². The Hall–Kier alpha value is -4.97. The van der Waals surface area contributed by atoms with E-state index < -0.39 is 47.3 Å². The summed E-state index contributed by atoms with van der Waals surface area (Å²) in [6.45, 7) is 1.12. The lowest BCUT2D eigenvalue weighted by molar-refractivity contribution is -0.286. The maximum Gasteiger partial charge on any atom is 0.586 e. The average molecular weight is 666 g/mol. The van der Waals surface area contributed by atoms with Crippen molar-refractivity contribution in [1.82, 2.24) is 9.97 Å². The molecule has 2 bridgehead atoms. The van der Waals surface area contributed by atoms with E-state index in [-0.39, 0.29) is 34.9 Å². The first-order valence-electron chi connectivity index (χ1n) is 13.5. The Labute approximate surface area is 259 Å². The fraction of sp³-hybridized carbons (Fsp3) is 0.286. The number of halogens is 5. The van der Waals surface area contributed by atoms with Gasteiger partial charge in [0.05, 0.1) is 53.9 Å². The van der Waals surface area contributed by atoms with Gasteiger partial charge in [0, 0.05) is 18.3 Å². The summed E-state index contributed by atoms with van der Waals surface area (Å²) in [5.41, 5.74) is -0.115. The third-order valence-corrected chi connectivity index (χ3v) is 8.47.